The van der Waals surface area contributed by atoms with Crippen molar-refractivity contribution in [1.82, 2.24) is 9.80 Å². The molecule has 0 spiro atoms. The molecule has 1 aliphatic rings. The molecule has 1 saturated heterocycles. The van der Waals surface area contributed by atoms with Gasteiger partial charge in [-0.25, -0.2) is 0 Å². The van der Waals surface area contributed by atoms with Crippen LogP contribution < -0.4 is 0 Å². The van der Waals surface area contributed by atoms with E-state index in [0.29, 0.717) is 19.7 Å². The standard InChI is InChI=1S/C12H22N2O3/c1-4-6-10(12(16)17-5-2)14-8-7-13(3)11(15)9-14/h10H,4-9H2,1-3H3. The van der Waals surface area contributed by atoms with Gasteiger partial charge >= 0.3 is 5.97 Å². The molecule has 0 radical (unpaired) electrons. The number of likely N-dealkylation sites (N-methyl/N-ethyl adjacent to an activating group) is 1. The van der Waals surface area contributed by atoms with Crippen LogP contribution in [0.1, 0.15) is 26.7 Å². The lowest BCUT2D eigenvalue weighted by Gasteiger charge is -2.36. The van der Waals surface area contributed by atoms with Crippen LogP contribution in [0.4, 0.5) is 0 Å². The largest absolute Gasteiger partial charge is 0.465 e. The maximum absolute atomic E-state index is 11.8. The minimum absolute atomic E-state index is 0.0710. The zero-order valence-electron chi connectivity index (χ0n) is 10.9. The lowest BCUT2D eigenvalue weighted by Crippen LogP contribution is -2.54. The molecule has 1 fully saturated rings. The molecule has 5 nitrogen and oxygen atoms in total. The normalized spacial score (nSPS) is 19.2. The SMILES string of the molecule is CCCC(C(=O)OCC)N1CCN(C)C(=O)C1. The molecule has 1 atom stereocenters. The van der Waals surface area contributed by atoms with E-state index in [4.69, 9.17) is 4.74 Å². The summed E-state index contributed by atoms with van der Waals surface area (Å²) in [6.07, 6.45) is 1.65. The quantitative estimate of drug-likeness (QED) is 0.658. The lowest BCUT2D eigenvalue weighted by molar-refractivity contribution is -0.152. The molecule has 0 aliphatic carbocycles. The Morgan fingerprint density at radius 2 is 2.12 bits per heavy atom. The Hall–Kier alpha value is -1.10. The van der Waals surface area contributed by atoms with Gasteiger partial charge in [-0.05, 0) is 13.3 Å². The van der Waals surface area contributed by atoms with Gasteiger partial charge < -0.3 is 9.64 Å². The Bertz CT molecular complexity index is 281. The Labute approximate surface area is 103 Å². The summed E-state index contributed by atoms with van der Waals surface area (Å²) >= 11 is 0. The summed E-state index contributed by atoms with van der Waals surface area (Å²) in [6.45, 7) is 5.96. The van der Waals surface area contributed by atoms with E-state index in [2.05, 4.69) is 0 Å². The van der Waals surface area contributed by atoms with E-state index < -0.39 is 0 Å². The first kappa shape index (κ1) is 14.0. The van der Waals surface area contributed by atoms with E-state index in [-0.39, 0.29) is 17.9 Å². The second-order valence-electron chi connectivity index (χ2n) is 4.34. The fraction of sp³-hybridized carbons (Fsp3) is 0.833. The number of hydrogen-bond donors (Lipinski definition) is 0. The fourth-order valence-electron chi connectivity index (χ4n) is 2.00. The first-order valence-corrected chi connectivity index (χ1v) is 6.24. The van der Waals surface area contributed by atoms with Crippen LogP contribution in [0.5, 0.6) is 0 Å². The number of ether oxygens (including phenoxy) is 1. The summed E-state index contributed by atoms with van der Waals surface area (Å²) < 4.78 is 5.07. The molecule has 0 aromatic carbocycles. The van der Waals surface area contributed by atoms with Crippen molar-refractivity contribution in [1.29, 1.82) is 0 Å². The van der Waals surface area contributed by atoms with Crippen molar-refractivity contribution in [2.24, 2.45) is 0 Å². The van der Waals surface area contributed by atoms with Crippen LogP contribution >= 0.6 is 0 Å². The van der Waals surface area contributed by atoms with Gasteiger partial charge in [-0.15, -0.1) is 0 Å². The summed E-state index contributed by atoms with van der Waals surface area (Å²) in [4.78, 5) is 27.1. The second-order valence-corrected chi connectivity index (χ2v) is 4.34. The van der Waals surface area contributed by atoms with Crippen molar-refractivity contribution >= 4 is 11.9 Å². The molecule has 0 N–H and O–H groups in total. The van der Waals surface area contributed by atoms with Crippen LogP contribution in [0.3, 0.4) is 0 Å². The van der Waals surface area contributed by atoms with Crippen LogP contribution in [0, 0.1) is 0 Å². The van der Waals surface area contributed by atoms with Gasteiger partial charge in [0.1, 0.15) is 6.04 Å². The molecule has 5 heteroatoms. The molecule has 0 aromatic rings. The van der Waals surface area contributed by atoms with Crippen molar-refractivity contribution in [2.75, 3.05) is 33.3 Å². The van der Waals surface area contributed by atoms with E-state index in [1.807, 2.05) is 11.8 Å². The van der Waals surface area contributed by atoms with E-state index in [9.17, 15) is 9.59 Å². The fourth-order valence-corrected chi connectivity index (χ4v) is 2.00. The van der Waals surface area contributed by atoms with Gasteiger partial charge in [0.05, 0.1) is 13.2 Å². The van der Waals surface area contributed by atoms with E-state index in [0.717, 1.165) is 19.4 Å². The maximum atomic E-state index is 11.8. The molecule has 1 aliphatic heterocycles. The van der Waals surface area contributed by atoms with Crippen molar-refractivity contribution in [3.05, 3.63) is 0 Å². The Kier molecular flexibility index (Phi) is 5.41. The summed E-state index contributed by atoms with van der Waals surface area (Å²) in [7, 11) is 1.79. The zero-order chi connectivity index (χ0) is 12.8. The minimum atomic E-state index is -0.266. The molecule has 17 heavy (non-hydrogen) atoms. The summed E-state index contributed by atoms with van der Waals surface area (Å²) in [5, 5.41) is 0. The molecular formula is C12H22N2O3. The van der Waals surface area contributed by atoms with Crippen LogP contribution in [0.25, 0.3) is 0 Å². The highest BCUT2D eigenvalue weighted by molar-refractivity contribution is 5.81. The molecule has 1 amide bonds. The van der Waals surface area contributed by atoms with Gasteiger partial charge in [-0.1, -0.05) is 13.3 Å². The van der Waals surface area contributed by atoms with Gasteiger partial charge in [0.15, 0.2) is 0 Å². The molecular weight excluding hydrogens is 220 g/mol. The smallest absolute Gasteiger partial charge is 0.323 e. The van der Waals surface area contributed by atoms with Crippen molar-refractivity contribution < 1.29 is 14.3 Å². The number of carbonyl (C=O) groups excluding carboxylic acids is 2. The summed E-state index contributed by atoms with van der Waals surface area (Å²) in [5.74, 6) is -0.131. The predicted octanol–water partition coefficient (Wildman–Crippen LogP) is 0.492. The van der Waals surface area contributed by atoms with Crippen LogP contribution in [-0.2, 0) is 14.3 Å². The van der Waals surface area contributed by atoms with Gasteiger partial charge in [-0.2, -0.15) is 0 Å². The number of esters is 1. The van der Waals surface area contributed by atoms with Gasteiger partial charge in [-0.3, -0.25) is 14.5 Å². The third-order valence-corrected chi connectivity index (χ3v) is 3.05. The van der Waals surface area contributed by atoms with Crippen molar-refractivity contribution in [3.63, 3.8) is 0 Å². The number of rotatable bonds is 5. The van der Waals surface area contributed by atoms with E-state index in [1.54, 1.807) is 18.9 Å². The predicted molar refractivity (Wildman–Crippen MR) is 64.5 cm³/mol. The molecule has 0 bridgehead atoms. The molecule has 1 unspecified atom stereocenters. The van der Waals surface area contributed by atoms with Crippen LogP contribution in [0.15, 0.2) is 0 Å². The van der Waals surface area contributed by atoms with Gasteiger partial charge in [0.25, 0.3) is 0 Å². The van der Waals surface area contributed by atoms with Gasteiger partial charge in [0, 0.05) is 20.1 Å². The van der Waals surface area contributed by atoms with Crippen LogP contribution in [-0.4, -0.2) is 61.0 Å². The number of amides is 1. The second kappa shape index (κ2) is 6.59. The van der Waals surface area contributed by atoms with Crippen molar-refractivity contribution in [2.45, 2.75) is 32.7 Å². The highest BCUT2D eigenvalue weighted by atomic mass is 16.5. The van der Waals surface area contributed by atoms with E-state index in [1.165, 1.54) is 0 Å². The Morgan fingerprint density at radius 1 is 1.41 bits per heavy atom. The average molecular weight is 242 g/mol. The third-order valence-electron chi connectivity index (χ3n) is 3.05. The number of nitrogens with zero attached hydrogens (tertiary/aromatic N) is 2. The first-order chi connectivity index (χ1) is 8.10. The maximum Gasteiger partial charge on any atom is 0.323 e. The molecule has 98 valence electrons. The van der Waals surface area contributed by atoms with Crippen LogP contribution in [0.2, 0.25) is 0 Å². The highest BCUT2D eigenvalue weighted by Crippen LogP contribution is 2.12. The van der Waals surface area contributed by atoms with Crippen molar-refractivity contribution in [3.8, 4) is 0 Å². The molecule has 1 heterocycles. The number of piperazine rings is 1. The number of carbonyl (C=O) groups is 2. The highest BCUT2D eigenvalue weighted by Gasteiger charge is 2.31. The molecule has 0 aromatic heterocycles. The van der Waals surface area contributed by atoms with Gasteiger partial charge in [0.2, 0.25) is 5.91 Å². The first-order valence-electron chi connectivity index (χ1n) is 6.24. The zero-order valence-corrected chi connectivity index (χ0v) is 10.9. The average Bonchev–Trinajstić information content (AvgIpc) is 2.30. The molecule has 0 saturated carbocycles. The minimum Gasteiger partial charge on any atom is -0.465 e. The van der Waals surface area contributed by atoms with E-state index >= 15 is 0 Å². The lowest BCUT2D eigenvalue weighted by atomic mass is 10.1. The summed E-state index contributed by atoms with van der Waals surface area (Å²) in [5.41, 5.74) is 0. The Balaban J connectivity index is 2.64. The molecule has 1 rings (SSSR count). The Morgan fingerprint density at radius 3 is 2.65 bits per heavy atom. The number of hydrogen-bond acceptors (Lipinski definition) is 4. The topological polar surface area (TPSA) is 49.9 Å². The monoisotopic (exact) mass is 242 g/mol. The third kappa shape index (κ3) is 3.70. The summed E-state index contributed by atoms with van der Waals surface area (Å²) in [6, 6.07) is -0.266.